The highest BCUT2D eigenvalue weighted by Gasteiger charge is 2.28. The predicted octanol–water partition coefficient (Wildman–Crippen LogP) is 3.52. The van der Waals surface area contributed by atoms with Gasteiger partial charge in [-0.15, -0.1) is 0 Å². The van der Waals surface area contributed by atoms with Crippen LogP contribution in [0.2, 0.25) is 0 Å². The first-order chi connectivity index (χ1) is 9.44. The molecule has 0 amide bonds. The van der Waals surface area contributed by atoms with E-state index in [1.165, 1.54) is 28.9 Å². The number of aryl methyl sites for hydroxylation is 2. The van der Waals surface area contributed by atoms with Crippen LogP contribution in [0.5, 0.6) is 0 Å². The van der Waals surface area contributed by atoms with E-state index in [9.17, 15) is 0 Å². The van der Waals surface area contributed by atoms with E-state index in [-0.39, 0.29) is 0 Å². The fourth-order valence-electron chi connectivity index (χ4n) is 3.15. The number of benzene rings is 1. The van der Waals surface area contributed by atoms with Crippen LogP contribution < -0.4 is 5.73 Å². The Kier molecular flexibility index (Phi) is 5.16. The minimum atomic E-state index is 0.366. The maximum absolute atomic E-state index is 6.14. The van der Waals surface area contributed by atoms with Crippen LogP contribution >= 0.6 is 11.8 Å². The van der Waals surface area contributed by atoms with Crippen molar-refractivity contribution < 1.29 is 0 Å². The van der Waals surface area contributed by atoms with E-state index in [0.29, 0.717) is 17.3 Å². The normalized spacial score (nSPS) is 21.4. The zero-order valence-corrected chi connectivity index (χ0v) is 14.1. The second-order valence-corrected chi connectivity index (χ2v) is 8.25. The van der Waals surface area contributed by atoms with Gasteiger partial charge in [-0.05, 0) is 37.0 Å². The molecule has 0 aromatic heterocycles. The molecule has 0 bridgehead atoms. The summed E-state index contributed by atoms with van der Waals surface area (Å²) < 4.78 is 0.397. The van der Waals surface area contributed by atoms with Crippen molar-refractivity contribution >= 4 is 11.8 Å². The summed E-state index contributed by atoms with van der Waals surface area (Å²) in [5, 5.41) is 0. The molecule has 2 rings (SSSR count). The van der Waals surface area contributed by atoms with Crippen molar-refractivity contribution in [3.63, 3.8) is 0 Å². The van der Waals surface area contributed by atoms with Crippen LogP contribution in [-0.2, 0) is 0 Å². The van der Waals surface area contributed by atoms with Gasteiger partial charge in [0.05, 0.1) is 0 Å². The molecule has 1 atom stereocenters. The van der Waals surface area contributed by atoms with E-state index < -0.39 is 0 Å². The maximum Gasteiger partial charge on any atom is 0.0476 e. The molecular weight excluding hydrogens is 264 g/mol. The first-order valence-corrected chi connectivity index (χ1v) is 8.57. The van der Waals surface area contributed by atoms with Crippen molar-refractivity contribution in [3.05, 3.63) is 34.9 Å². The molecule has 1 aromatic carbocycles. The van der Waals surface area contributed by atoms with E-state index in [4.69, 9.17) is 5.73 Å². The molecule has 2 nitrogen and oxygen atoms in total. The summed E-state index contributed by atoms with van der Waals surface area (Å²) in [5.74, 6) is 1.20. The molecule has 1 unspecified atom stereocenters. The third-order valence-electron chi connectivity index (χ3n) is 4.41. The Morgan fingerprint density at radius 2 is 1.90 bits per heavy atom. The zero-order valence-electron chi connectivity index (χ0n) is 13.3. The molecule has 1 fully saturated rings. The van der Waals surface area contributed by atoms with Crippen LogP contribution in [-0.4, -0.2) is 35.0 Å². The van der Waals surface area contributed by atoms with Gasteiger partial charge in [0.25, 0.3) is 0 Å². The summed E-state index contributed by atoms with van der Waals surface area (Å²) in [4.78, 5) is 2.59. The van der Waals surface area contributed by atoms with Crippen molar-refractivity contribution in [2.75, 3.05) is 25.4 Å². The number of hydrogen-bond donors (Lipinski definition) is 1. The molecule has 2 N–H and O–H groups in total. The molecule has 3 heteroatoms. The SMILES string of the molecule is Cc1cccc(C)c1C(CN)N1CCSC(C)(C)CC1. The summed E-state index contributed by atoms with van der Waals surface area (Å²) in [5.41, 5.74) is 10.3. The van der Waals surface area contributed by atoms with E-state index >= 15 is 0 Å². The Morgan fingerprint density at radius 3 is 2.50 bits per heavy atom. The van der Waals surface area contributed by atoms with Crippen molar-refractivity contribution in [3.8, 4) is 0 Å². The van der Waals surface area contributed by atoms with E-state index in [1.807, 2.05) is 0 Å². The minimum absolute atomic E-state index is 0.366. The van der Waals surface area contributed by atoms with E-state index in [1.54, 1.807) is 0 Å². The third-order valence-corrected chi connectivity index (χ3v) is 5.78. The fraction of sp³-hybridized carbons (Fsp3) is 0.647. The number of nitrogens with two attached hydrogens (primary N) is 1. The molecule has 1 aliphatic rings. The van der Waals surface area contributed by atoms with Crippen molar-refractivity contribution in [2.45, 2.75) is 44.9 Å². The van der Waals surface area contributed by atoms with Crippen molar-refractivity contribution in [2.24, 2.45) is 5.73 Å². The zero-order chi connectivity index (χ0) is 14.8. The molecule has 0 saturated carbocycles. The predicted molar refractivity (Wildman–Crippen MR) is 90.4 cm³/mol. The lowest BCUT2D eigenvalue weighted by Gasteiger charge is -2.32. The van der Waals surface area contributed by atoms with Gasteiger partial charge >= 0.3 is 0 Å². The molecule has 1 saturated heterocycles. The van der Waals surface area contributed by atoms with Crippen molar-refractivity contribution in [1.82, 2.24) is 4.90 Å². The molecule has 0 spiro atoms. The van der Waals surface area contributed by atoms with Gasteiger partial charge in [0.1, 0.15) is 0 Å². The topological polar surface area (TPSA) is 29.3 Å². The molecule has 112 valence electrons. The van der Waals surface area contributed by atoms with Crippen LogP contribution in [0.1, 0.15) is 43.0 Å². The van der Waals surface area contributed by atoms with Crippen LogP contribution in [0, 0.1) is 13.8 Å². The first kappa shape index (κ1) is 15.9. The second-order valence-electron chi connectivity index (χ2n) is 6.45. The summed E-state index contributed by atoms with van der Waals surface area (Å²) in [6.45, 7) is 12.1. The molecule has 20 heavy (non-hydrogen) atoms. The lowest BCUT2D eigenvalue weighted by atomic mass is 9.94. The number of nitrogens with zero attached hydrogens (tertiary/aromatic N) is 1. The lowest BCUT2D eigenvalue weighted by Crippen LogP contribution is -2.36. The van der Waals surface area contributed by atoms with Gasteiger partial charge in [0.2, 0.25) is 0 Å². The second kappa shape index (κ2) is 6.50. The Balaban J connectivity index is 2.24. The van der Waals surface area contributed by atoms with Crippen LogP contribution in [0.25, 0.3) is 0 Å². The summed E-state index contributed by atoms with van der Waals surface area (Å²) in [7, 11) is 0. The van der Waals surface area contributed by atoms with Crippen LogP contribution in [0.3, 0.4) is 0 Å². The van der Waals surface area contributed by atoms with Gasteiger partial charge in [0.15, 0.2) is 0 Å². The Hall–Kier alpha value is -0.510. The first-order valence-electron chi connectivity index (χ1n) is 7.59. The largest absolute Gasteiger partial charge is 0.329 e. The number of thioether (sulfide) groups is 1. The minimum Gasteiger partial charge on any atom is -0.329 e. The summed E-state index contributed by atoms with van der Waals surface area (Å²) in [6.07, 6.45) is 1.24. The Bertz CT molecular complexity index is 436. The Morgan fingerprint density at radius 1 is 1.25 bits per heavy atom. The standard InChI is InChI=1S/C17H28N2S/c1-13-6-5-7-14(2)16(13)15(12-18)19-9-8-17(3,4)20-11-10-19/h5-7,15H,8-12,18H2,1-4H3. The van der Waals surface area contributed by atoms with Crippen LogP contribution in [0.15, 0.2) is 18.2 Å². The highest BCUT2D eigenvalue weighted by Crippen LogP contribution is 2.34. The van der Waals surface area contributed by atoms with Crippen molar-refractivity contribution in [1.29, 1.82) is 0 Å². The van der Waals surface area contributed by atoms with E-state index in [2.05, 4.69) is 62.6 Å². The number of hydrogen-bond acceptors (Lipinski definition) is 3. The van der Waals surface area contributed by atoms with Gasteiger partial charge in [-0.25, -0.2) is 0 Å². The molecule has 0 aliphatic carbocycles. The maximum atomic E-state index is 6.14. The highest BCUT2D eigenvalue weighted by molar-refractivity contribution is 8.00. The molecular formula is C17H28N2S. The smallest absolute Gasteiger partial charge is 0.0476 e. The molecule has 1 heterocycles. The van der Waals surface area contributed by atoms with Gasteiger partial charge in [0, 0.05) is 36.2 Å². The average molecular weight is 292 g/mol. The fourth-order valence-corrected chi connectivity index (χ4v) is 4.26. The van der Waals surface area contributed by atoms with Gasteiger partial charge in [-0.2, -0.15) is 11.8 Å². The third kappa shape index (κ3) is 3.57. The summed E-state index contributed by atoms with van der Waals surface area (Å²) in [6, 6.07) is 6.93. The Labute approximate surface area is 128 Å². The monoisotopic (exact) mass is 292 g/mol. The van der Waals surface area contributed by atoms with Crippen LogP contribution in [0.4, 0.5) is 0 Å². The van der Waals surface area contributed by atoms with Gasteiger partial charge < -0.3 is 5.73 Å². The lowest BCUT2D eigenvalue weighted by molar-refractivity contribution is 0.209. The average Bonchev–Trinajstić information content (AvgIpc) is 2.55. The van der Waals surface area contributed by atoms with Gasteiger partial charge in [-0.3, -0.25) is 4.90 Å². The quantitative estimate of drug-likeness (QED) is 0.924. The summed E-state index contributed by atoms with van der Waals surface area (Å²) >= 11 is 2.09. The van der Waals surface area contributed by atoms with E-state index in [0.717, 1.165) is 13.1 Å². The highest BCUT2D eigenvalue weighted by atomic mass is 32.2. The molecule has 1 aliphatic heterocycles. The number of rotatable bonds is 3. The van der Waals surface area contributed by atoms with Gasteiger partial charge in [-0.1, -0.05) is 32.0 Å². The molecule has 0 radical (unpaired) electrons. The molecule has 1 aromatic rings.